The van der Waals surface area contributed by atoms with E-state index in [1.165, 1.54) is 28.7 Å². The number of hydrogen-bond donors (Lipinski definition) is 1. The van der Waals surface area contributed by atoms with Crippen LogP contribution >= 0.6 is 23.2 Å². The first-order valence-electron chi connectivity index (χ1n) is 8.10. The molecule has 1 aliphatic heterocycles. The molecule has 1 amide bonds. The summed E-state index contributed by atoms with van der Waals surface area (Å²) in [6.45, 7) is 0.924. The molecule has 0 radical (unpaired) electrons. The van der Waals surface area contributed by atoms with Gasteiger partial charge in [0, 0.05) is 24.8 Å². The topological polar surface area (TPSA) is 79.4 Å². The van der Waals surface area contributed by atoms with E-state index in [4.69, 9.17) is 23.2 Å². The fraction of sp³-hybridized carbons (Fsp3) is 0.294. The van der Waals surface area contributed by atoms with E-state index in [2.05, 4.69) is 10.3 Å². The van der Waals surface area contributed by atoms with Gasteiger partial charge in [-0.3, -0.25) is 4.79 Å². The zero-order valence-electron chi connectivity index (χ0n) is 13.8. The summed E-state index contributed by atoms with van der Waals surface area (Å²) < 4.78 is 27.1. The van der Waals surface area contributed by atoms with E-state index < -0.39 is 15.9 Å². The Morgan fingerprint density at radius 1 is 1.08 bits per heavy atom. The first kappa shape index (κ1) is 19.1. The van der Waals surface area contributed by atoms with E-state index in [0.29, 0.717) is 23.9 Å². The van der Waals surface area contributed by atoms with Crippen molar-refractivity contribution in [2.75, 3.05) is 18.4 Å². The van der Waals surface area contributed by atoms with Gasteiger partial charge in [-0.25, -0.2) is 13.4 Å². The standard InChI is InChI=1S/C17H17Cl2N3O3S/c18-13-5-7-16(20-11-13)21-17(23)12-4-6-14(19)15(10-12)26(24,25)22-8-2-1-3-9-22/h4-7,10-11H,1-3,8-9H2,(H,20,21,23). The minimum Gasteiger partial charge on any atom is -0.307 e. The molecule has 0 unspecified atom stereocenters. The zero-order chi connectivity index (χ0) is 18.7. The van der Waals surface area contributed by atoms with Crippen molar-refractivity contribution in [3.63, 3.8) is 0 Å². The summed E-state index contributed by atoms with van der Waals surface area (Å²) in [5, 5.41) is 3.15. The van der Waals surface area contributed by atoms with E-state index in [0.717, 1.165) is 19.3 Å². The quantitative estimate of drug-likeness (QED) is 0.825. The monoisotopic (exact) mass is 413 g/mol. The number of aromatic nitrogens is 1. The molecule has 0 aliphatic carbocycles. The number of rotatable bonds is 4. The first-order valence-corrected chi connectivity index (χ1v) is 10.3. The summed E-state index contributed by atoms with van der Waals surface area (Å²) in [5.74, 6) is -0.165. The molecule has 2 heterocycles. The smallest absolute Gasteiger partial charge is 0.256 e. The van der Waals surface area contributed by atoms with Crippen molar-refractivity contribution in [3.05, 3.63) is 52.1 Å². The molecule has 26 heavy (non-hydrogen) atoms. The van der Waals surface area contributed by atoms with Crippen LogP contribution in [0.5, 0.6) is 0 Å². The van der Waals surface area contributed by atoms with Gasteiger partial charge in [0.25, 0.3) is 5.91 Å². The summed E-state index contributed by atoms with van der Waals surface area (Å²) in [4.78, 5) is 16.4. The minimum absolute atomic E-state index is 0.0576. The minimum atomic E-state index is -3.74. The summed E-state index contributed by atoms with van der Waals surface area (Å²) in [7, 11) is -3.74. The highest BCUT2D eigenvalue weighted by molar-refractivity contribution is 7.89. The van der Waals surface area contributed by atoms with E-state index in [9.17, 15) is 13.2 Å². The molecule has 1 saturated heterocycles. The van der Waals surface area contributed by atoms with E-state index in [-0.39, 0.29) is 15.5 Å². The van der Waals surface area contributed by atoms with Crippen molar-refractivity contribution in [3.8, 4) is 0 Å². The van der Waals surface area contributed by atoms with Crippen LogP contribution in [0.15, 0.2) is 41.4 Å². The second-order valence-corrected chi connectivity index (χ2v) is 8.68. The van der Waals surface area contributed by atoms with Gasteiger partial charge in [0.05, 0.1) is 10.0 Å². The van der Waals surface area contributed by atoms with Crippen LogP contribution in [0.1, 0.15) is 29.6 Å². The van der Waals surface area contributed by atoms with Gasteiger partial charge < -0.3 is 5.32 Å². The molecule has 3 rings (SSSR count). The number of pyridine rings is 1. The normalized spacial score (nSPS) is 15.6. The van der Waals surface area contributed by atoms with Crippen molar-refractivity contribution in [2.45, 2.75) is 24.2 Å². The van der Waals surface area contributed by atoms with Gasteiger partial charge in [0.1, 0.15) is 10.7 Å². The van der Waals surface area contributed by atoms with Crippen LogP contribution in [-0.4, -0.2) is 36.7 Å². The van der Waals surface area contributed by atoms with Crippen LogP contribution in [0.4, 0.5) is 5.82 Å². The second kappa shape index (κ2) is 7.92. The number of hydrogen-bond acceptors (Lipinski definition) is 4. The molecule has 0 bridgehead atoms. The number of benzene rings is 1. The van der Waals surface area contributed by atoms with Gasteiger partial charge in [-0.05, 0) is 43.2 Å². The summed E-state index contributed by atoms with van der Waals surface area (Å²) in [6.07, 6.45) is 4.06. The van der Waals surface area contributed by atoms with Crippen LogP contribution in [0.3, 0.4) is 0 Å². The Hall–Kier alpha value is -1.67. The predicted molar refractivity (Wildman–Crippen MR) is 101 cm³/mol. The van der Waals surface area contributed by atoms with Crippen molar-refractivity contribution in [1.82, 2.24) is 9.29 Å². The third kappa shape index (κ3) is 4.17. The Bertz CT molecular complexity index is 911. The van der Waals surface area contributed by atoms with Gasteiger partial charge in [-0.15, -0.1) is 0 Å². The van der Waals surface area contributed by atoms with E-state index in [1.807, 2.05) is 0 Å². The Labute approximate surface area is 162 Å². The first-order chi connectivity index (χ1) is 12.4. The molecule has 138 valence electrons. The number of halogens is 2. The Balaban J connectivity index is 1.87. The number of nitrogens with zero attached hydrogens (tertiary/aromatic N) is 2. The lowest BCUT2D eigenvalue weighted by Gasteiger charge is -2.26. The number of carbonyl (C=O) groups excluding carboxylic acids is 1. The summed E-state index contributed by atoms with van der Waals surface area (Å²) >= 11 is 11.9. The van der Waals surface area contributed by atoms with E-state index in [1.54, 1.807) is 12.1 Å². The highest BCUT2D eigenvalue weighted by Crippen LogP contribution is 2.28. The molecule has 1 aromatic carbocycles. The Morgan fingerprint density at radius 2 is 1.81 bits per heavy atom. The molecule has 2 aromatic rings. The number of nitrogens with one attached hydrogen (secondary N) is 1. The van der Waals surface area contributed by atoms with Gasteiger partial charge >= 0.3 is 0 Å². The molecule has 0 spiro atoms. The van der Waals surface area contributed by atoms with Crippen LogP contribution in [0.2, 0.25) is 10.0 Å². The molecular weight excluding hydrogens is 397 g/mol. The average molecular weight is 414 g/mol. The highest BCUT2D eigenvalue weighted by Gasteiger charge is 2.28. The molecule has 1 aromatic heterocycles. The summed E-state index contributed by atoms with van der Waals surface area (Å²) in [5.41, 5.74) is 0.182. The number of anilines is 1. The fourth-order valence-electron chi connectivity index (χ4n) is 2.72. The van der Waals surface area contributed by atoms with Crippen LogP contribution in [-0.2, 0) is 10.0 Å². The third-order valence-electron chi connectivity index (χ3n) is 4.10. The maximum Gasteiger partial charge on any atom is 0.256 e. The number of carbonyl (C=O) groups is 1. The Kier molecular flexibility index (Phi) is 5.82. The van der Waals surface area contributed by atoms with Gasteiger partial charge in [0.15, 0.2) is 0 Å². The maximum atomic E-state index is 12.9. The largest absolute Gasteiger partial charge is 0.307 e. The van der Waals surface area contributed by atoms with Crippen LogP contribution < -0.4 is 5.32 Å². The lowest BCUT2D eigenvalue weighted by molar-refractivity contribution is 0.102. The molecular formula is C17H17Cl2N3O3S. The lowest BCUT2D eigenvalue weighted by Crippen LogP contribution is -2.35. The zero-order valence-corrected chi connectivity index (χ0v) is 16.1. The van der Waals surface area contributed by atoms with Crippen molar-refractivity contribution in [1.29, 1.82) is 0 Å². The number of piperidine rings is 1. The molecule has 1 N–H and O–H groups in total. The lowest BCUT2D eigenvalue weighted by atomic mass is 10.2. The molecule has 1 fully saturated rings. The molecule has 9 heteroatoms. The third-order valence-corrected chi connectivity index (χ3v) is 6.70. The molecule has 0 saturated carbocycles. The van der Waals surface area contributed by atoms with Crippen molar-refractivity contribution in [2.24, 2.45) is 0 Å². The second-order valence-electron chi connectivity index (χ2n) is 5.93. The Morgan fingerprint density at radius 3 is 2.46 bits per heavy atom. The predicted octanol–water partition coefficient (Wildman–Crippen LogP) is 3.82. The number of sulfonamides is 1. The van der Waals surface area contributed by atoms with Crippen LogP contribution in [0, 0.1) is 0 Å². The molecule has 6 nitrogen and oxygen atoms in total. The maximum absolute atomic E-state index is 12.9. The van der Waals surface area contributed by atoms with Crippen molar-refractivity contribution < 1.29 is 13.2 Å². The SMILES string of the molecule is O=C(Nc1ccc(Cl)cn1)c1ccc(Cl)c(S(=O)(=O)N2CCCCC2)c1. The molecule has 1 aliphatic rings. The van der Waals surface area contributed by atoms with Crippen molar-refractivity contribution >= 4 is 45.0 Å². The number of amides is 1. The average Bonchev–Trinajstić information content (AvgIpc) is 2.64. The highest BCUT2D eigenvalue weighted by atomic mass is 35.5. The molecule has 0 atom stereocenters. The van der Waals surface area contributed by atoms with Gasteiger partial charge in [-0.1, -0.05) is 29.6 Å². The fourth-order valence-corrected chi connectivity index (χ4v) is 4.85. The summed E-state index contributed by atoms with van der Waals surface area (Å²) in [6, 6.07) is 7.35. The van der Waals surface area contributed by atoms with Gasteiger partial charge in [-0.2, -0.15) is 4.31 Å². The van der Waals surface area contributed by atoms with E-state index >= 15 is 0 Å². The van der Waals surface area contributed by atoms with Gasteiger partial charge in [0.2, 0.25) is 10.0 Å². The van der Waals surface area contributed by atoms with Crippen LogP contribution in [0.25, 0.3) is 0 Å².